The minimum atomic E-state index is -0.381. The van der Waals surface area contributed by atoms with Crippen molar-refractivity contribution in [3.05, 3.63) is 77.0 Å². The van der Waals surface area contributed by atoms with E-state index in [2.05, 4.69) is 11.1 Å². The number of carbonyl (C=O) groups excluding carboxylic acids is 1. The van der Waals surface area contributed by atoms with E-state index >= 15 is 0 Å². The number of esters is 1. The maximum absolute atomic E-state index is 12.7. The number of benzene rings is 2. The van der Waals surface area contributed by atoms with Gasteiger partial charge in [0.25, 0.3) is 0 Å². The zero-order valence-electron chi connectivity index (χ0n) is 13.6. The van der Waals surface area contributed by atoms with E-state index in [1.165, 1.54) is 0 Å². The first-order valence-electron chi connectivity index (χ1n) is 8.31. The highest BCUT2D eigenvalue weighted by molar-refractivity contribution is 6.03. The van der Waals surface area contributed by atoms with Crippen molar-refractivity contribution >= 4 is 16.9 Å². The Morgan fingerprint density at radius 3 is 2.72 bits per heavy atom. The third-order valence-corrected chi connectivity index (χ3v) is 4.45. The molecule has 3 aromatic rings. The molecular weight excluding hydrogens is 312 g/mol. The molecule has 1 aliphatic carbocycles. The molecule has 4 nitrogen and oxygen atoms in total. The van der Waals surface area contributed by atoms with Gasteiger partial charge >= 0.3 is 5.97 Å². The number of aromatic nitrogens is 1. The molecule has 1 heterocycles. The average molecular weight is 328 g/mol. The van der Waals surface area contributed by atoms with Gasteiger partial charge in [-0.05, 0) is 31.0 Å². The first-order valence-corrected chi connectivity index (χ1v) is 8.31. The van der Waals surface area contributed by atoms with E-state index in [0.29, 0.717) is 22.6 Å². The van der Waals surface area contributed by atoms with Crippen LogP contribution >= 0.6 is 0 Å². The molecule has 0 unspecified atom stereocenters. The lowest BCUT2D eigenvalue weighted by molar-refractivity contribution is 0.0474. The van der Waals surface area contributed by atoms with E-state index in [0.717, 1.165) is 29.4 Å². The molecule has 0 radical (unpaired) electrons. The summed E-state index contributed by atoms with van der Waals surface area (Å²) < 4.78 is 5.50. The SMILES string of the molecule is N#Cc1ccccc1COC(=O)c1cc(C2CC2)nc2ccccc12. The summed E-state index contributed by atoms with van der Waals surface area (Å²) in [6, 6.07) is 18.7. The monoisotopic (exact) mass is 328 g/mol. The Kier molecular flexibility index (Phi) is 3.91. The van der Waals surface area contributed by atoms with Crippen LogP contribution in [0.3, 0.4) is 0 Å². The van der Waals surface area contributed by atoms with Crippen LogP contribution in [0.15, 0.2) is 54.6 Å². The lowest BCUT2D eigenvalue weighted by Crippen LogP contribution is -2.08. The molecule has 1 fully saturated rings. The number of nitriles is 1. The number of para-hydroxylation sites is 1. The van der Waals surface area contributed by atoms with Gasteiger partial charge in [0.2, 0.25) is 0 Å². The molecule has 4 rings (SSSR count). The highest BCUT2D eigenvalue weighted by Crippen LogP contribution is 2.40. The summed E-state index contributed by atoms with van der Waals surface area (Å²) in [5.74, 6) is 0.0729. The zero-order chi connectivity index (χ0) is 17.2. The fourth-order valence-electron chi connectivity index (χ4n) is 2.93. The highest BCUT2D eigenvalue weighted by atomic mass is 16.5. The normalized spacial score (nSPS) is 13.4. The van der Waals surface area contributed by atoms with E-state index in [1.54, 1.807) is 18.2 Å². The molecule has 0 atom stereocenters. The smallest absolute Gasteiger partial charge is 0.339 e. The molecule has 25 heavy (non-hydrogen) atoms. The van der Waals surface area contributed by atoms with E-state index in [4.69, 9.17) is 10.00 Å². The van der Waals surface area contributed by atoms with Crippen LogP contribution in [0, 0.1) is 11.3 Å². The van der Waals surface area contributed by atoms with Gasteiger partial charge in [0.1, 0.15) is 6.61 Å². The van der Waals surface area contributed by atoms with Crippen LogP contribution in [0.5, 0.6) is 0 Å². The molecule has 0 amide bonds. The molecule has 0 aliphatic heterocycles. The van der Waals surface area contributed by atoms with Crippen LogP contribution in [-0.2, 0) is 11.3 Å². The molecule has 4 heteroatoms. The molecular formula is C21H16N2O2. The molecule has 1 aromatic heterocycles. The molecule has 1 aliphatic rings. The van der Waals surface area contributed by atoms with Gasteiger partial charge in [-0.15, -0.1) is 0 Å². The van der Waals surface area contributed by atoms with Crippen molar-refractivity contribution in [1.82, 2.24) is 4.98 Å². The number of ether oxygens (including phenoxy) is 1. The first-order chi connectivity index (χ1) is 12.3. The van der Waals surface area contributed by atoms with Crippen molar-refractivity contribution in [2.24, 2.45) is 0 Å². The second-order valence-corrected chi connectivity index (χ2v) is 6.23. The number of carbonyl (C=O) groups is 1. The summed E-state index contributed by atoms with van der Waals surface area (Å²) in [5.41, 5.74) is 3.55. The number of rotatable bonds is 4. The summed E-state index contributed by atoms with van der Waals surface area (Å²) in [6.07, 6.45) is 2.24. The van der Waals surface area contributed by atoms with Crippen molar-refractivity contribution in [2.75, 3.05) is 0 Å². The van der Waals surface area contributed by atoms with Crippen molar-refractivity contribution in [3.8, 4) is 6.07 Å². The molecule has 0 N–H and O–H groups in total. The zero-order valence-corrected chi connectivity index (χ0v) is 13.6. The first kappa shape index (κ1) is 15.3. The van der Waals surface area contributed by atoms with Gasteiger partial charge in [-0.2, -0.15) is 5.26 Å². The van der Waals surface area contributed by atoms with Crippen LogP contribution < -0.4 is 0 Å². The maximum Gasteiger partial charge on any atom is 0.339 e. The van der Waals surface area contributed by atoms with Crippen LogP contribution in [0.4, 0.5) is 0 Å². The van der Waals surface area contributed by atoms with Gasteiger partial charge in [0, 0.05) is 22.6 Å². The van der Waals surface area contributed by atoms with Gasteiger partial charge in [-0.3, -0.25) is 4.98 Å². The van der Waals surface area contributed by atoms with Crippen LogP contribution in [0.2, 0.25) is 0 Å². The molecule has 2 aromatic carbocycles. The van der Waals surface area contributed by atoms with Gasteiger partial charge in [-0.25, -0.2) is 4.79 Å². The molecule has 122 valence electrons. The molecule has 0 spiro atoms. The average Bonchev–Trinajstić information content (AvgIpc) is 3.50. The van der Waals surface area contributed by atoms with Crippen LogP contribution in [0.1, 0.15) is 45.9 Å². The summed E-state index contributed by atoms with van der Waals surface area (Å²) in [4.78, 5) is 17.4. The van der Waals surface area contributed by atoms with E-state index in [-0.39, 0.29) is 12.6 Å². The minimum Gasteiger partial charge on any atom is -0.457 e. The minimum absolute atomic E-state index is 0.0813. The van der Waals surface area contributed by atoms with E-state index < -0.39 is 0 Å². The Morgan fingerprint density at radius 1 is 1.16 bits per heavy atom. The predicted molar refractivity (Wildman–Crippen MR) is 94.0 cm³/mol. The Balaban J connectivity index is 1.64. The van der Waals surface area contributed by atoms with E-state index in [9.17, 15) is 4.79 Å². The Morgan fingerprint density at radius 2 is 1.92 bits per heavy atom. The van der Waals surface area contributed by atoms with Gasteiger partial charge in [0.15, 0.2) is 0 Å². The molecule has 0 saturated heterocycles. The molecule has 1 saturated carbocycles. The second kappa shape index (κ2) is 6.37. The van der Waals surface area contributed by atoms with Crippen molar-refractivity contribution in [2.45, 2.75) is 25.4 Å². The van der Waals surface area contributed by atoms with Crippen LogP contribution in [0.25, 0.3) is 10.9 Å². The highest BCUT2D eigenvalue weighted by Gasteiger charge is 2.27. The number of hydrogen-bond acceptors (Lipinski definition) is 4. The second-order valence-electron chi connectivity index (χ2n) is 6.23. The van der Waals surface area contributed by atoms with Crippen LogP contribution in [-0.4, -0.2) is 11.0 Å². The fraction of sp³-hybridized carbons (Fsp3) is 0.190. The van der Waals surface area contributed by atoms with E-state index in [1.807, 2.05) is 36.4 Å². The topological polar surface area (TPSA) is 63.0 Å². The van der Waals surface area contributed by atoms with Crippen molar-refractivity contribution < 1.29 is 9.53 Å². The predicted octanol–water partition coefficient (Wildman–Crippen LogP) is 4.34. The summed E-state index contributed by atoms with van der Waals surface area (Å²) >= 11 is 0. The maximum atomic E-state index is 12.7. The largest absolute Gasteiger partial charge is 0.457 e. The lowest BCUT2D eigenvalue weighted by Gasteiger charge is -2.10. The van der Waals surface area contributed by atoms with Gasteiger partial charge in [0.05, 0.1) is 22.7 Å². The quantitative estimate of drug-likeness (QED) is 0.668. The lowest BCUT2D eigenvalue weighted by atomic mass is 10.1. The standard InChI is InChI=1S/C21H16N2O2/c22-12-15-5-1-2-6-16(15)13-25-21(24)18-11-20(14-9-10-14)23-19-8-4-3-7-17(18)19/h1-8,11,14H,9-10,13H2. The van der Waals surface area contributed by atoms with Crippen molar-refractivity contribution in [3.63, 3.8) is 0 Å². The summed E-state index contributed by atoms with van der Waals surface area (Å²) in [5, 5.41) is 9.94. The third-order valence-electron chi connectivity index (χ3n) is 4.45. The molecule has 0 bridgehead atoms. The Labute approximate surface area is 145 Å². The number of hydrogen-bond donors (Lipinski definition) is 0. The van der Waals surface area contributed by atoms with Gasteiger partial charge < -0.3 is 4.74 Å². The van der Waals surface area contributed by atoms with Crippen molar-refractivity contribution in [1.29, 1.82) is 5.26 Å². The number of pyridine rings is 1. The summed E-state index contributed by atoms with van der Waals surface area (Å²) in [7, 11) is 0. The fourth-order valence-corrected chi connectivity index (χ4v) is 2.93. The Hall–Kier alpha value is -3.19. The Bertz CT molecular complexity index is 1000. The number of fused-ring (bicyclic) bond motifs is 1. The summed E-state index contributed by atoms with van der Waals surface area (Å²) in [6.45, 7) is 0.0813. The number of nitrogens with zero attached hydrogens (tertiary/aromatic N) is 2. The third kappa shape index (κ3) is 3.09. The van der Waals surface area contributed by atoms with Gasteiger partial charge in [-0.1, -0.05) is 36.4 Å².